The molecule has 5 aromatic rings. The van der Waals surface area contributed by atoms with Crippen molar-refractivity contribution in [2.75, 3.05) is 12.4 Å². The van der Waals surface area contributed by atoms with Crippen LogP contribution < -0.4 is 10.1 Å². The summed E-state index contributed by atoms with van der Waals surface area (Å²) < 4.78 is 7.09. The Labute approximate surface area is 178 Å². The molecule has 7 heteroatoms. The Hall–Kier alpha value is -4.13. The minimum Gasteiger partial charge on any atom is -0.504 e. The monoisotopic (exact) mass is 409 g/mol. The topological polar surface area (TPSA) is 85.1 Å². The number of methoxy groups -OCH3 is 1. The molecule has 0 aliphatic heterocycles. The van der Waals surface area contributed by atoms with Crippen molar-refractivity contribution in [3.8, 4) is 11.5 Å². The highest BCUT2D eigenvalue weighted by molar-refractivity contribution is 5.91. The second-order valence-electron chi connectivity index (χ2n) is 7.66. The molecule has 152 valence electrons. The molecule has 0 fully saturated rings. The van der Waals surface area contributed by atoms with E-state index in [0.717, 1.165) is 17.5 Å². The molecule has 0 radical (unpaired) electrons. The van der Waals surface area contributed by atoms with E-state index in [-0.39, 0.29) is 11.8 Å². The molecule has 6 rings (SSSR count). The number of hydrogen-bond donors (Lipinski definition) is 2. The molecule has 0 saturated heterocycles. The van der Waals surface area contributed by atoms with Crippen molar-refractivity contribution in [3.63, 3.8) is 0 Å². The van der Waals surface area contributed by atoms with Gasteiger partial charge in [0.15, 0.2) is 17.1 Å². The summed E-state index contributed by atoms with van der Waals surface area (Å²) in [6, 6.07) is 18.1. The summed E-state index contributed by atoms with van der Waals surface area (Å²) in [5.74, 6) is 0.901. The van der Waals surface area contributed by atoms with Crippen LogP contribution >= 0.6 is 0 Å². The number of nitrogens with zero attached hydrogens (tertiary/aromatic N) is 4. The van der Waals surface area contributed by atoms with Crippen molar-refractivity contribution in [1.82, 2.24) is 19.7 Å². The number of ether oxygens (including phenoxy) is 1. The number of phenols is 1. The molecule has 2 heterocycles. The maximum atomic E-state index is 10.0. The summed E-state index contributed by atoms with van der Waals surface area (Å²) >= 11 is 0. The van der Waals surface area contributed by atoms with Gasteiger partial charge in [-0.25, -0.2) is 9.67 Å². The summed E-state index contributed by atoms with van der Waals surface area (Å²) in [7, 11) is 1.52. The Morgan fingerprint density at radius 3 is 2.77 bits per heavy atom. The van der Waals surface area contributed by atoms with Crippen LogP contribution in [0.4, 0.5) is 11.6 Å². The molecule has 0 spiro atoms. The number of fused-ring (bicyclic) bond motifs is 1. The van der Waals surface area contributed by atoms with E-state index in [2.05, 4.69) is 51.8 Å². The van der Waals surface area contributed by atoms with Crippen LogP contribution in [0.3, 0.4) is 0 Å². The van der Waals surface area contributed by atoms with E-state index in [4.69, 9.17) is 9.72 Å². The Kier molecular flexibility index (Phi) is 3.83. The van der Waals surface area contributed by atoms with E-state index in [1.807, 2.05) is 4.68 Å². The third kappa shape index (κ3) is 2.78. The van der Waals surface area contributed by atoms with Crippen molar-refractivity contribution in [2.24, 2.45) is 0 Å². The Morgan fingerprint density at radius 2 is 1.94 bits per heavy atom. The maximum absolute atomic E-state index is 10.0. The number of aromatic hydroxyl groups is 1. The molecule has 1 atom stereocenters. The fourth-order valence-corrected chi connectivity index (χ4v) is 4.45. The molecule has 0 bridgehead atoms. The third-order valence-corrected chi connectivity index (χ3v) is 5.86. The van der Waals surface area contributed by atoms with Crippen LogP contribution in [0.5, 0.6) is 11.5 Å². The summed E-state index contributed by atoms with van der Waals surface area (Å²) in [5.41, 5.74) is 4.04. The predicted molar refractivity (Wildman–Crippen MR) is 119 cm³/mol. The quantitative estimate of drug-likeness (QED) is 0.452. The van der Waals surface area contributed by atoms with E-state index in [9.17, 15) is 5.11 Å². The fourth-order valence-electron chi connectivity index (χ4n) is 4.45. The Balaban J connectivity index is 1.40. The van der Waals surface area contributed by atoms with Gasteiger partial charge in [-0.3, -0.25) is 0 Å². The lowest BCUT2D eigenvalue weighted by Gasteiger charge is -2.14. The lowest BCUT2D eigenvalue weighted by molar-refractivity contribution is 0.373. The molecule has 7 nitrogen and oxygen atoms in total. The van der Waals surface area contributed by atoms with Crippen LogP contribution in [0.25, 0.3) is 21.8 Å². The first-order chi connectivity index (χ1) is 15.2. The van der Waals surface area contributed by atoms with Crippen LogP contribution in [0.2, 0.25) is 0 Å². The van der Waals surface area contributed by atoms with Crippen molar-refractivity contribution < 1.29 is 9.84 Å². The number of hydrogen-bond acceptors (Lipinski definition) is 6. The Morgan fingerprint density at radius 1 is 1.06 bits per heavy atom. The van der Waals surface area contributed by atoms with Crippen LogP contribution in [-0.2, 0) is 6.42 Å². The zero-order valence-corrected chi connectivity index (χ0v) is 16.8. The van der Waals surface area contributed by atoms with Gasteiger partial charge in [-0.15, -0.1) is 0 Å². The first kappa shape index (κ1) is 17.7. The molecule has 3 aromatic carbocycles. The van der Waals surface area contributed by atoms with Gasteiger partial charge in [0, 0.05) is 18.0 Å². The van der Waals surface area contributed by atoms with E-state index >= 15 is 0 Å². The van der Waals surface area contributed by atoms with Crippen LogP contribution in [0.1, 0.15) is 17.2 Å². The van der Waals surface area contributed by atoms with Crippen LogP contribution in [-0.4, -0.2) is 32.0 Å². The molecule has 2 N–H and O–H groups in total. The number of anilines is 2. The first-order valence-electron chi connectivity index (χ1n) is 10.1. The molecule has 1 aliphatic rings. The fraction of sp³-hybridized carbons (Fsp3) is 0.125. The first-order valence-corrected chi connectivity index (χ1v) is 10.1. The largest absolute Gasteiger partial charge is 0.504 e. The number of benzene rings is 3. The van der Waals surface area contributed by atoms with Crippen molar-refractivity contribution >= 4 is 33.4 Å². The molecular weight excluding hydrogens is 390 g/mol. The maximum Gasteiger partial charge on any atom is 0.229 e. The SMILES string of the molecule is COc1ccc(Nc2ncc3cnn(C4Cc5cccc6cccc4c56)c3n2)cc1O. The van der Waals surface area contributed by atoms with Gasteiger partial charge in [0.05, 0.1) is 24.7 Å². The van der Waals surface area contributed by atoms with Crippen LogP contribution in [0, 0.1) is 0 Å². The summed E-state index contributed by atoms with van der Waals surface area (Å²) in [4.78, 5) is 9.14. The summed E-state index contributed by atoms with van der Waals surface area (Å²) in [6.45, 7) is 0. The second-order valence-corrected chi connectivity index (χ2v) is 7.66. The highest BCUT2D eigenvalue weighted by atomic mass is 16.5. The zero-order valence-electron chi connectivity index (χ0n) is 16.8. The van der Waals surface area contributed by atoms with Crippen molar-refractivity contribution in [3.05, 3.63) is 78.1 Å². The average molecular weight is 409 g/mol. The zero-order chi connectivity index (χ0) is 20.9. The van der Waals surface area contributed by atoms with Crippen molar-refractivity contribution in [1.29, 1.82) is 0 Å². The van der Waals surface area contributed by atoms with Gasteiger partial charge in [0.1, 0.15) is 0 Å². The molecule has 31 heavy (non-hydrogen) atoms. The van der Waals surface area contributed by atoms with Crippen molar-refractivity contribution in [2.45, 2.75) is 12.5 Å². The molecule has 0 amide bonds. The smallest absolute Gasteiger partial charge is 0.229 e. The number of rotatable bonds is 4. The standard InChI is InChI=1S/C24H19N5O2/c1-31-21-9-8-17(11-20(21)30)27-24-25-12-16-13-26-29(23(16)28-24)19-10-15-6-2-4-14-5-3-7-18(19)22(14)15/h2-9,11-13,19,30H,10H2,1H3,(H,25,27,28). The molecule has 2 aromatic heterocycles. The van der Waals surface area contributed by atoms with E-state index in [0.29, 0.717) is 17.4 Å². The normalized spacial score (nSPS) is 14.9. The minimum atomic E-state index is 0.0513. The van der Waals surface area contributed by atoms with E-state index in [1.54, 1.807) is 30.6 Å². The third-order valence-electron chi connectivity index (χ3n) is 5.86. The minimum absolute atomic E-state index is 0.0513. The second kappa shape index (κ2) is 6.70. The molecule has 0 saturated carbocycles. The van der Waals surface area contributed by atoms with Gasteiger partial charge < -0.3 is 15.2 Å². The molecule has 1 unspecified atom stereocenters. The van der Waals surface area contributed by atoms with Gasteiger partial charge in [0.2, 0.25) is 5.95 Å². The van der Waals surface area contributed by atoms with Gasteiger partial charge in [-0.05, 0) is 40.5 Å². The van der Waals surface area contributed by atoms with Gasteiger partial charge in [-0.2, -0.15) is 10.1 Å². The summed E-state index contributed by atoms with van der Waals surface area (Å²) in [5, 5.41) is 21.3. The number of nitrogens with one attached hydrogen (secondary N) is 1. The highest BCUT2D eigenvalue weighted by Gasteiger charge is 2.27. The van der Waals surface area contributed by atoms with Gasteiger partial charge in [0.25, 0.3) is 0 Å². The number of phenolic OH excluding ortho intramolecular Hbond substituents is 1. The number of aromatic nitrogens is 4. The van der Waals surface area contributed by atoms with Crippen LogP contribution in [0.15, 0.2) is 67.0 Å². The summed E-state index contributed by atoms with van der Waals surface area (Å²) in [6.07, 6.45) is 4.45. The lowest BCUT2D eigenvalue weighted by Crippen LogP contribution is -2.12. The molecular formula is C24H19N5O2. The Bertz CT molecular complexity index is 1450. The van der Waals surface area contributed by atoms with Gasteiger partial charge >= 0.3 is 0 Å². The van der Waals surface area contributed by atoms with Gasteiger partial charge in [-0.1, -0.05) is 36.4 Å². The lowest BCUT2D eigenvalue weighted by atomic mass is 10.0. The average Bonchev–Trinajstić information content (AvgIpc) is 3.37. The molecule has 1 aliphatic carbocycles. The van der Waals surface area contributed by atoms with E-state index in [1.165, 1.54) is 29.0 Å². The predicted octanol–water partition coefficient (Wildman–Crippen LogP) is 4.58. The highest BCUT2D eigenvalue weighted by Crippen LogP contribution is 2.39. The van der Waals surface area contributed by atoms with E-state index < -0.39 is 0 Å².